The first-order chi connectivity index (χ1) is 13.0. The monoisotopic (exact) mass is 380 g/mol. The second-order valence-corrected chi connectivity index (χ2v) is 7.84. The molecule has 0 saturated carbocycles. The highest BCUT2D eigenvalue weighted by Gasteiger charge is 2.15. The molecule has 1 N–H and O–H groups in total. The van der Waals surface area contributed by atoms with Crippen LogP contribution in [0.15, 0.2) is 57.9 Å². The largest absolute Gasteiger partial charge is 0.361 e. The van der Waals surface area contributed by atoms with Crippen LogP contribution in [-0.2, 0) is 5.75 Å². The summed E-state index contributed by atoms with van der Waals surface area (Å²) in [5.74, 6) is 1.86. The molecule has 0 atom stereocenters. The number of nitrogens with zero attached hydrogens (tertiary/aromatic N) is 1. The molecule has 140 valence electrons. The Morgan fingerprint density at radius 2 is 1.93 bits per heavy atom. The first-order valence-corrected chi connectivity index (χ1v) is 9.99. The highest BCUT2D eigenvalue weighted by molar-refractivity contribution is 7.98. The van der Waals surface area contributed by atoms with E-state index in [0.29, 0.717) is 17.2 Å². The minimum atomic E-state index is -0.0993. The van der Waals surface area contributed by atoms with Crippen molar-refractivity contribution in [3.8, 4) is 0 Å². The smallest absolute Gasteiger partial charge is 0.256 e. The zero-order chi connectivity index (χ0) is 19.4. The second kappa shape index (κ2) is 8.44. The number of benzene rings is 2. The number of anilines is 1. The maximum atomic E-state index is 12.9. The Morgan fingerprint density at radius 1 is 1.15 bits per heavy atom. The van der Waals surface area contributed by atoms with Gasteiger partial charge in [0.05, 0.1) is 11.3 Å². The summed E-state index contributed by atoms with van der Waals surface area (Å²) in [7, 11) is 0. The maximum Gasteiger partial charge on any atom is 0.256 e. The summed E-state index contributed by atoms with van der Waals surface area (Å²) in [6.07, 6.45) is 0. The molecule has 5 heteroatoms. The van der Waals surface area contributed by atoms with E-state index in [2.05, 4.69) is 30.4 Å². The van der Waals surface area contributed by atoms with Gasteiger partial charge in [0.25, 0.3) is 5.91 Å². The summed E-state index contributed by atoms with van der Waals surface area (Å²) < 4.78 is 5.23. The molecule has 0 unspecified atom stereocenters. The third-order valence-corrected chi connectivity index (χ3v) is 5.60. The van der Waals surface area contributed by atoms with Gasteiger partial charge in [-0.15, -0.1) is 11.8 Å². The molecule has 0 spiro atoms. The van der Waals surface area contributed by atoms with Crippen LogP contribution in [0.2, 0.25) is 0 Å². The molecule has 0 saturated heterocycles. The standard InChI is InChI=1S/C22H24N2O2S/c1-14(2)17-8-7-9-18(12-17)23-22(25)19-10-5-6-11-21(19)27-13-20-15(3)24-26-16(20)4/h5-12,14H,13H2,1-4H3,(H,23,25). The fourth-order valence-electron chi connectivity index (χ4n) is 2.81. The van der Waals surface area contributed by atoms with Crippen molar-refractivity contribution < 1.29 is 9.32 Å². The molecule has 0 aliphatic heterocycles. The summed E-state index contributed by atoms with van der Waals surface area (Å²) in [5, 5.41) is 7.02. The molecular weight excluding hydrogens is 356 g/mol. The molecule has 0 radical (unpaired) electrons. The number of hydrogen-bond donors (Lipinski definition) is 1. The van der Waals surface area contributed by atoms with Gasteiger partial charge in [-0.1, -0.05) is 43.3 Å². The SMILES string of the molecule is Cc1noc(C)c1CSc1ccccc1C(=O)Nc1cccc(C(C)C)c1. The van der Waals surface area contributed by atoms with E-state index in [4.69, 9.17) is 4.52 Å². The van der Waals surface area contributed by atoms with Gasteiger partial charge in [-0.2, -0.15) is 0 Å². The first-order valence-electron chi connectivity index (χ1n) is 9.00. The van der Waals surface area contributed by atoms with Crippen molar-refractivity contribution >= 4 is 23.4 Å². The molecule has 0 bridgehead atoms. The van der Waals surface area contributed by atoms with E-state index in [-0.39, 0.29) is 5.91 Å². The molecule has 0 aliphatic carbocycles. The molecule has 4 nitrogen and oxygen atoms in total. The summed E-state index contributed by atoms with van der Waals surface area (Å²) >= 11 is 1.62. The zero-order valence-electron chi connectivity index (χ0n) is 16.1. The lowest BCUT2D eigenvalue weighted by atomic mass is 10.0. The molecule has 3 aromatic rings. The predicted molar refractivity (Wildman–Crippen MR) is 110 cm³/mol. The number of amides is 1. The molecule has 1 aromatic heterocycles. The molecule has 1 heterocycles. The topological polar surface area (TPSA) is 55.1 Å². The first kappa shape index (κ1) is 19.2. The fourth-order valence-corrected chi connectivity index (χ4v) is 4.01. The van der Waals surface area contributed by atoms with E-state index in [1.54, 1.807) is 11.8 Å². The number of carbonyl (C=O) groups excluding carboxylic acids is 1. The average molecular weight is 381 g/mol. The fraction of sp³-hybridized carbons (Fsp3) is 0.273. The van der Waals surface area contributed by atoms with Gasteiger partial charge in [0.15, 0.2) is 0 Å². The molecule has 2 aromatic carbocycles. The maximum absolute atomic E-state index is 12.9. The van der Waals surface area contributed by atoms with Crippen LogP contribution in [0, 0.1) is 13.8 Å². The minimum Gasteiger partial charge on any atom is -0.361 e. The Labute approximate surface area is 164 Å². The van der Waals surface area contributed by atoms with Crippen molar-refractivity contribution in [2.75, 3.05) is 5.32 Å². The Morgan fingerprint density at radius 3 is 2.63 bits per heavy atom. The van der Waals surface area contributed by atoms with Gasteiger partial charge < -0.3 is 9.84 Å². The van der Waals surface area contributed by atoms with E-state index >= 15 is 0 Å². The summed E-state index contributed by atoms with van der Waals surface area (Å²) in [6.45, 7) is 8.13. The third kappa shape index (κ3) is 4.61. The summed E-state index contributed by atoms with van der Waals surface area (Å²) in [5.41, 5.74) is 4.67. The zero-order valence-corrected chi connectivity index (χ0v) is 16.9. The Hall–Kier alpha value is -2.53. The van der Waals surface area contributed by atoms with Crippen LogP contribution in [-0.4, -0.2) is 11.1 Å². The normalized spacial score (nSPS) is 11.0. The van der Waals surface area contributed by atoms with Gasteiger partial charge in [0.2, 0.25) is 0 Å². The molecule has 0 fully saturated rings. The van der Waals surface area contributed by atoms with Crippen LogP contribution >= 0.6 is 11.8 Å². The van der Waals surface area contributed by atoms with Crippen molar-refractivity contribution in [3.63, 3.8) is 0 Å². The van der Waals surface area contributed by atoms with Crippen molar-refractivity contribution in [2.24, 2.45) is 0 Å². The number of thioether (sulfide) groups is 1. The van der Waals surface area contributed by atoms with Crippen LogP contribution in [0.5, 0.6) is 0 Å². The minimum absolute atomic E-state index is 0.0993. The second-order valence-electron chi connectivity index (χ2n) is 6.82. The molecule has 3 rings (SSSR count). The molecular formula is C22H24N2O2S. The predicted octanol–water partition coefficient (Wildman–Crippen LogP) is 5.96. The molecule has 27 heavy (non-hydrogen) atoms. The van der Waals surface area contributed by atoms with Crippen molar-refractivity contribution in [1.29, 1.82) is 0 Å². The van der Waals surface area contributed by atoms with Gasteiger partial charge in [0.1, 0.15) is 5.76 Å². The van der Waals surface area contributed by atoms with E-state index in [1.807, 2.05) is 56.3 Å². The van der Waals surface area contributed by atoms with Crippen molar-refractivity contribution in [1.82, 2.24) is 5.16 Å². The van der Waals surface area contributed by atoms with E-state index in [1.165, 1.54) is 5.56 Å². The molecule has 1 amide bonds. The quantitative estimate of drug-likeness (QED) is 0.536. The lowest BCUT2D eigenvalue weighted by molar-refractivity contribution is 0.102. The lowest BCUT2D eigenvalue weighted by Crippen LogP contribution is -2.13. The lowest BCUT2D eigenvalue weighted by Gasteiger charge is -2.12. The molecule has 0 aliphatic rings. The van der Waals surface area contributed by atoms with E-state index in [0.717, 1.165) is 27.6 Å². The number of aryl methyl sites for hydroxylation is 2. The Bertz CT molecular complexity index is 927. The summed E-state index contributed by atoms with van der Waals surface area (Å²) in [4.78, 5) is 13.8. The number of carbonyl (C=O) groups is 1. The van der Waals surface area contributed by atoms with Gasteiger partial charge in [-0.25, -0.2) is 0 Å². The Kier molecular flexibility index (Phi) is 6.01. The van der Waals surface area contributed by atoms with Gasteiger partial charge in [-0.05, 0) is 49.6 Å². The third-order valence-electron chi connectivity index (χ3n) is 4.50. The van der Waals surface area contributed by atoms with Crippen LogP contribution in [0.25, 0.3) is 0 Å². The average Bonchev–Trinajstić information content (AvgIpc) is 2.98. The van der Waals surface area contributed by atoms with Crippen LogP contribution in [0.1, 0.15) is 52.7 Å². The van der Waals surface area contributed by atoms with Crippen LogP contribution in [0.3, 0.4) is 0 Å². The highest BCUT2D eigenvalue weighted by atomic mass is 32.2. The van der Waals surface area contributed by atoms with Gasteiger partial charge >= 0.3 is 0 Å². The van der Waals surface area contributed by atoms with E-state index in [9.17, 15) is 4.79 Å². The Balaban J connectivity index is 1.77. The summed E-state index contributed by atoms with van der Waals surface area (Å²) in [6, 6.07) is 15.7. The van der Waals surface area contributed by atoms with Gasteiger partial charge in [0, 0.05) is 21.9 Å². The van der Waals surface area contributed by atoms with E-state index < -0.39 is 0 Å². The van der Waals surface area contributed by atoms with Crippen LogP contribution in [0.4, 0.5) is 5.69 Å². The van der Waals surface area contributed by atoms with Crippen molar-refractivity contribution in [3.05, 3.63) is 76.7 Å². The highest BCUT2D eigenvalue weighted by Crippen LogP contribution is 2.29. The number of aromatic nitrogens is 1. The van der Waals surface area contributed by atoms with Gasteiger partial charge in [-0.3, -0.25) is 4.79 Å². The number of hydrogen-bond acceptors (Lipinski definition) is 4. The number of rotatable bonds is 6. The van der Waals surface area contributed by atoms with Crippen LogP contribution < -0.4 is 5.32 Å². The number of nitrogens with one attached hydrogen (secondary N) is 1. The van der Waals surface area contributed by atoms with Crippen molar-refractivity contribution in [2.45, 2.75) is 44.3 Å².